The van der Waals surface area contributed by atoms with Crippen molar-refractivity contribution in [1.82, 2.24) is 14.8 Å². The van der Waals surface area contributed by atoms with Crippen LogP contribution < -0.4 is 0 Å². The molecule has 0 atom stereocenters. The minimum Gasteiger partial charge on any atom is -0.236 e. The van der Waals surface area contributed by atoms with E-state index in [1.165, 1.54) is 29.1 Å². The van der Waals surface area contributed by atoms with Gasteiger partial charge in [0.25, 0.3) is 6.43 Å². The van der Waals surface area contributed by atoms with Gasteiger partial charge < -0.3 is 0 Å². The van der Waals surface area contributed by atoms with Gasteiger partial charge in [0.05, 0.1) is 10.6 Å². The smallest absolute Gasteiger partial charge is 0.236 e. The standard InChI is InChI=1S/C16H12ClF2N3O2S/c1-25(23,24)12-6-7-15(20-9-12)22-14(8-13(21-22)16(18)19)10-2-4-11(17)5-3-10/h2-9,16H,1H3. The summed E-state index contributed by atoms with van der Waals surface area (Å²) in [4.78, 5) is 4.08. The molecule has 0 bridgehead atoms. The summed E-state index contributed by atoms with van der Waals surface area (Å²) in [6.07, 6.45) is -0.520. The summed E-state index contributed by atoms with van der Waals surface area (Å²) in [5.74, 6) is 0.226. The van der Waals surface area contributed by atoms with Gasteiger partial charge in [-0.15, -0.1) is 0 Å². The Hall–Kier alpha value is -2.32. The van der Waals surface area contributed by atoms with E-state index in [2.05, 4.69) is 10.1 Å². The van der Waals surface area contributed by atoms with Gasteiger partial charge in [-0.25, -0.2) is 26.9 Å². The number of hydrogen-bond acceptors (Lipinski definition) is 4. The van der Waals surface area contributed by atoms with Gasteiger partial charge in [0.2, 0.25) is 0 Å². The van der Waals surface area contributed by atoms with Gasteiger partial charge in [0.15, 0.2) is 15.7 Å². The quantitative estimate of drug-likeness (QED) is 0.684. The molecule has 0 N–H and O–H groups in total. The highest BCUT2D eigenvalue weighted by molar-refractivity contribution is 7.90. The molecule has 0 radical (unpaired) electrons. The second kappa shape index (κ2) is 6.53. The summed E-state index contributed by atoms with van der Waals surface area (Å²) in [5.41, 5.74) is 0.614. The van der Waals surface area contributed by atoms with E-state index in [0.29, 0.717) is 16.3 Å². The van der Waals surface area contributed by atoms with E-state index in [0.717, 1.165) is 6.26 Å². The molecule has 5 nitrogen and oxygen atoms in total. The lowest BCUT2D eigenvalue weighted by Crippen LogP contribution is -2.04. The molecule has 0 spiro atoms. The summed E-state index contributed by atoms with van der Waals surface area (Å²) in [6.45, 7) is 0. The van der Waals surface area contributed by atoms with Crippen LogP contribution in [0.5, 0.6) is 0 Å². The number of aromatic nitrogens is 3. The zero-order chi connectivity index (χ0) is 18.2. The van der Waals surface area contributed by atoms with Gasteiger partial charge >= 0.3 is 0 Å². The Morgan fingerprint density at radius 1 is 1.12 bits per heavy atom. The van der Waals surface area contributed by atoms with Crippen molar-refractivity contribution in [2.45, 2.75) is 11.3 Å². The second-order valence-corrected chi connectivity index (χ2v) is 7.75. The molecule has 3 aromatic rings. The first-order valence-electron chi connectivity index (χ1n) is 7.06. The van der Waals surface area contributed by atoms with Crippen molar-refractivity contribution in [1.29, 1.82) is 0 Å². The van der Waals surface area contributed by atoms with E-state index in [1.807, 2.05) is 0 Å². The first kappa shape index (κ1) is 17.5. The fourth-order valence-corrected chi connectivity index (χ4v) is 2.91. The molecule has 0 aliphatic rings. The van der Waals surface area contributed by atoms with E-state index in [9.17, 15) is 17.2 Å². The van der Waals surface area contributed by atoms with Gasteiger partial charge in [-0.1, -0.05) is 23.7 Å². The number of alkyl halides is 2. The Kier molecular flexibility index (Phi) is 4.57. The number of halogens is 3. The molecule has 2 aromatic heterocycles. The Morgan fingerprint density at radius 3 is 2.32 bits per heavy atom. The van der Waals surface area contributed by atoms with Crippen molar-refractivity contribution in [3.63, 3.8) is 0 Å². The number of rotatable bonds is 4. The average Bonchev–Trinajstić information content (AvgIpc) is 3.00. The topological polar surface area (TPSA) is 64.8 Å². The third-order valence-electron chi connectivity index (χ3n) is 3.46. The van der Waals surface area contributed by atoms with Crippen LogP contribution in [0.1, 0.15) is 12.1 Å². The zero-order valence-corrected chi connectivity index (χ0v) is 14.5. The molecule has 130 valence electrons. The highest BCUT2D eigenvalue weighted by Crippen LogP contribution is 2.28. The highest BCUT2D eigenvalue weighted by Gasteiger charge is 2.19. The molecule has 0 amide bonds. The van der Waals surface area contributed by atoms with E-state index in [1.54, 1.807) is 24.3 Å². The monoisotopic (exact) mass is 383 g/mol. The number of sulfone groups is 1. The molecule has 0 fully saturated rings. The van der Waals surface area contributed by atoms with Crippen molar-refractivity contribution in [3.05, 3.63) is 59.4 Å². The molecule has 0 unspecified atom stereocenters. The Morgan fingerprint density at radius 2 is 1.80 bits per heavy atom. The third kappa shape index (κ3) is 3.69. The van der Waals surface area contributed by atoms with Gasteiger partial charge in [-0.2, -0.15) is 5.10 Å². The lowest BCUT2D eigenvalue weighted by Gasteiger charge is -2.07. The molecule has 0 saturated carbocycles. The minimum absolute atomic E-state index is 0.0329. The van der Waals surface area contributed by atoms with Crippen LogP contribution in [0.15, 0.2) is 53.6 Å². The van der Waals surface area contributed by atoms with Gasteiger partial charge in [-0.05, 0) is 30.3 Å². The zero-order valence-electron chi connectivity index (χ0n) is 12.9. The first-order valence-corrected chi connectivity index (χ1v) is 9.33. The minimum atomic E-state index is -3.40. The van der Waals surface area contributed by atoms with Crippen LogP contribution in [0.3, 0.4) is 0 Å². The van der Waals surface area contributed by atoms with E-state index in [-0.39, 0.29) is 10.7 Å². The van der Waals surface area contributed by atoms with Gasteiger partial charge in [0.1, 0.15) is 5.69 Å². The van der Waals surface area contributed by atoms with Crippen molar-refractivity contribution < 1.29 is 17.2 Å². The van der Waals surface area contributed by atoms with Crippen molar-refractivity contribution >= 4 is 21.4 Å². The predicted octanol–water partition coefficient (Wildman–Crippen LogP) is 3.93. The summed E-state index contributed by atoms with van der Waals surface area (Å²) >= 11 is 5.86. The Labute approximate surface area is 147 Å². The maximum atomic E-state index is 13.1. The molecule has 0 saturated heterocycles. The fraction of sp³-hybridized carbons (Fsp3) is 0.125. The molecule has 0 aliphatic heterocycles. The lowest BCUT2D eigenvalue weighted by molar-refractivity contribution is 0.145. The van der Waals surface area contributed by atoms with Crippen LogP contribution in [0.4, 0.5) is 8.78 Å². The molecule has 25 heavy (non-hydrogen) atoms. The second-order valence-electron chi connectivity index (χ2n) is 5.30. The van der Waals surface area contributed by atoms with Crippen molar-refractivity contribution in [2.24, 2.45) is 0 Å². The number of benzene rings is 1. The highest BCUT2D eigenvalue weighted by atomic mass is 35.5. The lowest BCUT2D eigenvalue weighted by atomic mass is 10.1. The van der Waals surface area contributed by atoms with Gasteiger partial charge in [-0.3, -0.25) is 0 Å². The summed E-state index contributed by atoms with van der Waals surface area (Å²) in [5, 5.41) is 4.41. The van der Waals surface area contributed by atoms with Crippen LogP contribution in [0.25, 0.3) is 17.1 Å². The van der Waals surface area contributed by atoms with Crippen LogP contribution in [0.2, 0.25) is 5.02 Å². The molecule has 3 rings (SSSR count). The van der Waals surface area contributed by atoms with E-state index in [4.69, 9.17) is 11.6 Å². The van der Waals surface area contributed by atoms with Crippen LogP contribution in [-0.4, -0.2) is 29.4 Å². The van der Waals surface area contributed by atoms with E-state index >= 15 is 0 Å². The van der Waals surface area contributed by atoms with Crippen LogP contribution in [0, 0.1) is 0 Å². The number of pyridine rings is 1. The van der Waals surface area contributed by atoms with E-state index < -0.39 is 22.0 Å². The summed E-state index contributed by atoms with van der Waals surface area (Å²) < 4.78 is 50.4. The average molecular weight is 384 g/mol. The molecule has 2 heterocycles. The number of nitrogens with zero attached hydrogens (tertiary/aromatic N) is 3. The normalized spacial score (nSPS) is 11.9. The Bertz CT molecular complexity index is 1000. The predicted molar refractivity (Wildman–Crippen MR) is 89.9 cm³/mol. The molecular formula is C16H12ClF2N3O2S. The molecule has 1 aromatic carbocycles. The summed E-state index contributed by atoms with van der Waals surface area (Å²) in [7, 11) is -3.40. The molecular weight excluding hydrogens is 372 g/mol. The SMILES string of the molecule is CS(=O)(=O)c1ccc(-n2nc(C(F)F)cc2-c2ccc(Cl)cc2)nc1. The maximum absolute atomic E-state index is 13.1. The molecule has 9 heteroatoms. The number of hydrogen-bond donors (Lipinski definition) is 0. The van der Waals surface area contributed by atoms with Crippen LogP contribution in [-0.2, 0) is 9.84 Å². The fourth-order valence-electron chi connectivity index (χ4n) is 2.22. The van der Waals surface area contributed by atoms with Gasteiger partial charge in [0, 0.05) is 23.0 Å². The van der Waals surface area contributed by atoms with Crippen molar-refractivity contribution in [2.75, 3.05) is 6.26 Å². The largest absolute Gasteiger partial charge is 0.282 e. The molecule has 0 aliphatic carbocycles. The van der Waals surface area contributed by atoms with Crippen LogP contribution >= 0.6 is 11.6 Å². The first-order chi connectivity index (χ1) is 11.8. The van der Waals surface area contributed by atoms with Crippen molar-refractivity contribution in [3.8, 4) is 17.1 Å². The third-order valence-corrected chi connectivity index (χ3v) is 4.81. The Balaban J connectivity index is 2.13. The summed E-state index contributed by atoms with van der Waals surface area (Å²) in [6, 6.07) is 10.7. The maximum Gasteiger partial charge on any atom is 0.282 e.